The third-order valence-corrected chi connectivity index (χ3v) is 4.07. The van der Waals surface area contributed by atoms with E-state index in [-0.39, 0.29) is 5.78 Å². The Morgan fingerprint density at radius 1 is 1.64 bits per heavy atom. The van der Waals surface area contributed by atoms with Gasteiger partial charge in [-0.05, 0) is 11.4 Å². The summed E-state index contributed by atoms with van der Waals surface area (Å²) in [5.41, 5.74) is 0. The van der Waals surface area contributed by atoms with E-state index >= 15 is 0 Å². The summed E-state index contributed by atoms with van der Waals surface area (Å²) in [6, 6.07) is 3.77. The van der Waals surface area contributed by atoms with E-state index in [1.807, 2.05) is 24.6 Å². The molecule has 74 valence electrons. The van der Waals surface area contributed by atoms with Crippen LogP contribution in [0, 0.1) is 0 Å². The van der Waals surface area contributed by atoms with Crippen molar-refractivity contribution in [1.29, 1.82) is 0 Å². The fourth-order valence-corrected chi connectivity index (χ4v) is 2.97. The van der Waals surface area contributed by atoms with Crippen LogP contribution in [-0.4, -0.2) is 30.0 Å². The molecule has 0 bridgehead atoms. The van der Waals surface area contributed by atoms with Crippen molar-refractivity contribution in [1.82, 2.24) is 4.90 Å². The maximum atomic E-state index is 11.7. The first-order chi connectivity index (χ1) is 6.77. The van der Waals surface area contributed by atoms with Crippen LogP contribution in [0.5, 0.6) is 0 Å². The van der Waals surface area contributed by atoms with Gasteiger partial charge in [0.15, 0.2) is 5.78 Å². The fourth-order valence-electron chi connectivity index (χ4n) is 1.26. The standard InChI is InChI=1S/C10H11NOS2/c1-11-4-6-14-10(11)7-8(12)9-3-2-5-13-9/h2-3,5,7H,4,6H2,1H3. The van der Waals surface area contributed by atoms with E-state index in [4.69, 9.17) is 0 Å². The van der Waals surface area contributed by atoms with E-state index in [0.717, 1.165) is 22.2 Å². The quantitative estimate of drug-likeness (QED) is 0.569. The van der Waals surface area contributed by atoms with Crippen molar-refractivity contribution in [2.24, 2.45) is 0 Å². The van der Waals surface area contributed by atoms with Crippen LogP contribution in [0.3, 0.4) is 0 Å². The highest BCUT2D eigenvalue weighted by molar-refractivity contribution is 8.03. The highest BCUT2D eigenvalue weighted by Crippen LogP contribution is 2.26. The number of hydrogen-bond donors (Lipinski definition) is 0. The van der Waals surface area contributed by atoms with E-state index in [1.165, 1.54) is 11.3 Å². The molecule has 0 unspecified atom stereocenters. The minimum absolute atomic E-state index is 0.122. The maximum absolute atomic E-state index is 11.7. The topological polar surface area (TPSA) is 20.3 Å². The molecule has 0 radical (unpaired) electrons. The first kappa shape index (κ1) is 9.80. The SMILES string of the molecule is CN1CCSC1=CC(=O)c1cccs1. The number of carbonyl (C=O) groups is 1. The Labute approximate surface area is 91.6 Å². The zero-order chi connectivity index (χ0) is 9.97. The molecule has 2 heterocycles. The normalized spacial score (nSPS) is 19.2. The van der Waals surface area contributed by atoms with Crippen molar-refractivity contribution in [3.05, 3.63) is 33.5 Å². The lowest BCUT2D eigenvalue weighted by Gasteiger charge is -2.09. The van der Waals surface area contributed by atoms with Gasteiger partial charge in [-0.3, -0.25) is 4.79 Å². The number of ketones is 1. The summed E-state index contributed by atoms with van der Waals surface area (Å²) in [4.78, 5) is 14.6. The van der Waals surface area contributed by atoms with Crippen LogP contribution in [0.25, 0.3) is 0 Å². The van der Waals surface area contributed by atoms with Gasteiger partial charge < -0.3 is 4.90 Å². The Morgan fingerprint density at radius 2 is 2.50 bits per heavy atom. The molecule has 0 amide bonds. The van der Waals surface area contributed by atoms with Gasteiger partial charge in [-0.2, -0.15) is 0 Å². The third-order valence-electron chi connectivity index (χ3n) is 2.07. The molecule has 1 aliphatic rings. The summed E-state index contributed by atoms with van der Waals surface area (Å²) in [5.74, 6) is 1.20. The Kier molecular flexibility index (Phi) is 2.93. The molecule has 0 atom stereocenters. The molecule has 2 rings (SSSR count). The molecule has 1 saturated heterocycles. The predicted octanol–water partition coefficient (Wildman–Crippen LogP) is 2.45. The van der Waals surface area contributed by atoms with Gasteiger partial charge in [-0.15, -0.1) is 23.1 Å². The number of rotatable bonds is 2. The number of hydrogen-bond acceptors (Lipinski definition) is 4. The van der Waals surface area contributed by atoms with Crippen LogP contribution in [0.1, 0.15) is 9.67 Å². The summed E-state index contributed by atoms with van der Waals surface area (Å²) < 4.78 is 0. The van der Waals surface area contributed by atoms with Crippen molar-refractivity contribution < 1.29 is 4.79 Å². The Balaban J connectivity index is 2.14. The molecule has 1 aliphatic heterocycles. The van der Waals surface area contributed by atoms with E-state index in [1.54, 1.807) is 17.8 Å². The minimum atomic E-state index is 0.122. The number of thioether (sulfide) groups is 1. The molecule has 4 heteroatoms. The zero-order valence-electron chi connectivity index (χ0n) is 7.90. The summed E-state index contributed by atoms with van der Waals surface area (Å²) in [5, 5.41) is 3.01. The molecule has 1 fully saturated rings. The zero-order valence-corrected chi connectivity index (χ0v) is 9.53. The molecule has 1 aromatic heterocycles. The molecule has 0 spiro atoms. The summed E-state index contributed by atoms with van der Waals surface area (Å²) in [7, 11) is 2.02. The van der Waals surface area contributed by atoms with Gasteiger partial charge in [0.1, 0.15) is 0 Å². The molecule has 0 aliphatic carbocycles. The monoisotopic (exact) mass is 225 g/mol. The lowest BCUT2D eigenvalue weighted by atomic mass is 10.3. The van der Waals surface area contributed by atoms with Gasteiger partial charge in [-0.25, -0.2) is 0 Å². The van der Waals surface area contributed by atoms with Crippen molar-refractivity contribution in [2.45, 2.75) is 0 Å². The van der Waals surface area contributed by atoms with Gasteiger partial charge in [-0.1, -0.05) is 6.07 Å². The first-order valence-electron chi connectivity index (χ1n) is 4.41. The van der Waals surface area contributed by atoms with Crippen LogP contribution < -0.4 is 0 Å². The van der Waals surface area contributed by atoms with Crippen LogP contribution >= 0.6 is 23.1 Å². The van der Waals surface area contributed by atoms with Gasteiger partial charge >= 0.3 is 0 Å². The molecule has 0 N–H and O–H groups in total. The van der Waals surface area contributed by atoms with E-state index in [2.05, 4.69) is 4.90 Å². The van der Waals surface area contributed by atoms with Gasteiger partial charge in [0.05, 0.1) is 9.91 Å². The van der Waals surface area contributed by atoms with Gasteiger partial charge in [0, 0.05) is 25.4 Å². The number of carbonyl (C=O) groups excluding carboxylic acids is 1. The number of thiophene rings is 1. The fraction of sp³-hybridized carbons (Fsp3) is 0.300. The molecule has 2 nitrogen and oxygen atoms in total. The second-order valence-corrected chi connectivity index (χ2v) is 5.16. The van der Waals surface area contributed by atoms with Crippen molar-refractivity contribution in [2.75, 3.05) is 19.3 Å². The van der Waals surface area contributed by atoms with Crippen molar-refractivity contribution in [3.63, 3.8) is 0 Å². The first-order valence-corrected chi connectivity index (χ1v) is 6.27. The van der Waals surface area contributed by atoms with Gasteiger partial charge in [0.25, 0.3) is 0 Å². The van der Waals surface area contributed by atoms with E-state index in [9.17, 15) is 4.79 Å². The van der Waals surface area contributed by atoms with E-state index in [0.29, 0.717) is 0 Å². The Bertz CT molecular complexity index is 356. The molecule has 0 saturated carbocycles. The lowest BCUT2D eigenvalue weighted by molar-refractivity contribution is 0.104. The van der Waals surface area contributed by atoms with Crippen molar-refractivity contribution in [3.8, 4) is 0 Å². The average molecular weight is 225 g/mol. The Hall–Kier alpha value is -0.740. The molecule has 1 aromatic rings. The van der Waals surface area contributed by atoms with Crippen LogP contribution in [0.15, 0.2) is 28.6 Å². The average Bonchev–Trinajstić information content (AvgIpc) is 2.77. The predicted molar refractivity (Wildman–Crippen MR) is 61.8 cm³/mol. The van der Waals surface area contributed by atoms with E-state index < -0.39 is 0 Å². The van der Waals surface area contributed by atoms with Crippen LogP contribution in [0.2, 0.25) is 0 Å². The molecule has 0 aromatic carbocycles. The van der Waals surface area contributed by atoms with Crippen LogP contribution in [0.4, 0.5) is 0 Å². The lowest BCUT2D eigenvalue weighted by Crippen LogP contribution is -2.11. The summed E-state index contributed by atoms with van der Waals surface area (Å²) in [6.45, 7) is 1.04. The Morgan fingerprint density at radius 3 is 3.07 bits per heavy atom. The van der Waals surface area contributed by atoms with Crippen LogP contribution in [-0.2, 0) is 0 Å². The molecule has 14 heavy (non-hydrogen) atoms. The van der Waals surface area contributed by atoms with Gasteiger partial charge in [0.2, 0.25) is 0 Å². The largest absolute Gasteiger partial charge is 0.368 e. The molecular weight excluding hydrogens is 214 g/mol. The maximum Gasteiger partial charge on any atom is 0.198 e. The molecular formula is C10H11NOS2. The summed E-state index contributed by atoms with van der Waals surface area (Å²) in [6.07, 6.45) is 1.74. The highest BCUT2D eigenvalue weighted by Gasteiger charge is 2.15. The second-order valence-electron chi connectivity index (χ2n) is 3.09. The third kappa shape index (κ3) is 2.01. The smallest absolute Gasteiger partial charge is 0.198 e. The number of allylic oxidation sites excluding steroid dienone is 1. The second kappa shape index (κ2) is 4.19. The van der Waals surface area contributed by atoms with Crippen molar-refractivity contribution >= 4 is 28.9 Å². The number of nitrogens with zero attached hydrogens (tertiary/aromatic N) is 1. The minimum Gasteiger partial charge on any atom is -0.368 e. The highest BCUT2D eigenvalue weighted by atomic mass is 32.2. The summed E-state index contributed by atoms with van der Waals surface area (Å²) >= 11 is 3.24.